The Morgan fingerprint density at radius 3 is 2.87 bits per heavy atom. The van der Waals surface area contributed by atoms with Gasteiger partial charge in [0.1, 0.15) is 6.04 Å². The fraction of sp³-hybridized carbons (Fsp3) is 0.417. The van der Waals surface area contributed by atoms with Crippen LogP contribution in [0.2, 0.25) is 0 Å². The highest BCUT2D eigenvalue weighted by Crippen LogP contribution is 2.07. The van der Waals surface area contributed by atoms with E-state index in [0.717, 1.165) is 6.42 Å². The Bertz CT molecular complexity index is 336. The van der Waals surface area contributed by atoms with Crippen LogP contribution in [0.25, 0.3) is 0 Å². The Balaban J connectivity index is 2.47. The number of ether oxygens (including phenoxy) is 1. The van der Waals surface area contributed by atoms with Gasteiger partial charge < -0.3 is 10.5 Å². The van der Waals surface area contributed by atoms with Crippen LogP contribution in [-0.2, 0) is 16.0 Å². The van der Waals surface area contributed by atoms with E-state index in [2.05, 4.69) is 10.8 Å². The van der Waals surface area contributed by atoms with Crippen molar-refractivity contribution in [2.45, 2.75) is 25.8 Å². The third-order valence-corrected chi connectivity index (χ3v) is 2.33. The van der Waals surface area contributed by atoms with Crippen molar-refractivity contribution in [2.24, 2.45) is 5.73 Å². The third-order valence-electron chi connectivity index (χ3n) is 2.33. The Morgan fingerprint density at radius 2 is 2.27 bits per heavy atom. The topological polar surface area (TPSA) is 52.3 Å². The molecule has 1 aromatic carbocycles. The molecule has 0 aromatic heterocycles. The minimum absolute atomic E-state index is 0.345. The fourth-order valence-electron chi connectivity index (χ4n) is 1.46. The quantitative estimate of drug-likeness (QED) is 0.760. The summed E-state index contributed by atoms with van der Waals surface area (Å²) in [6.07, 6.45) is 1.42. The van der Waals surface area contributed by atoms with Gasteiger partial charge in [0.2, 0.25) is 0 Å². The van der Waals surface area contributed by atoms with E-state index in [4.69, 9.17) is 5.73 Å². The molecule has 0 aliphatic carbocycles. The van der Waals surface area contributed by atoms with Crippen LogP contribution in [0.1, 0.15) is 17.5 Å². The molecule has 0 saturated carbocycles. The van der Waals surface area contributed by atoms with E-state index in [0.29, 0.717) is 6.42 Å². The molecule has 3 heteroatoms. The van der Waals surface area contributed by atoms with Crippen LogP contribution in [0.5, 0.6) is 0 Å². The predicted molar refractivity (Wildman–Crippen MR) is 59.5 cm³/mol. The number of benzene rings is 1. The van der Waals surface area contributed by atoms with Crippen molar-refractivity contribution in [1.82, 2.24) is 0 Å². The van der Waals surface area contributed by atoms with Gasteiger partial charge in [0.15, 0.2) is 0 Å². The van der Waals surface area contributed by atoms with Crippen molar-refractivity contribution >= 4 is 5.97 Å². The number of methoxy groups -OCH3 is 1. The molecule has 1 rings (SSSR count). The van der Waals surface area contributed by atoms with E-state index in [-0.39, 0.29) is 5.97 Å². The van der Waals surface area contributed by atoms with Crippen molar-refractivity contribution in [3.8, 4) is 0 Å². The lowest BCUT2D eigenvalue weighted by molar-refractivity contribution is -0.142. The van der Waals surface area contributed by atoms with Crippen LogP contribution in [0, 0.1) is 6.92 Å². The molecule has 0 radical (unpaired) electrons. The van der Waals surface area contributed by atoms with Crippen molar-refractivity contribution in [3.05, 3.63) is 35.4 Å². The van der Waals surface area contributed by atoms with Gasteiger partial charge in [0.25, 0.3) is 0 Å². The first-order valence-electron chi connectivity index (χ1n) is 5.02. The van der Waals surface area contributed by atoms with Crippen LogP contribution < -0.4 is 5.73 Å². The summed E-state index contributed by atoms with van der Waals surface area (Å²) in [7, 11) is 1.36. The number of hydrogen-bond acceptors (Lipinski definition) is 3. The summed E-state index contributed by atoms with van der Waals surface area (Å²) >= 11 is 0. The first-order chi connectivity index (χ1) is 7.13. The molecular weight excluding hydrogens is 190 g/mol. The highest BCUT2D eigenvalue weighted by Gasteiger charge is 2.12. The van der Waals surface area contributed by atoms with E-state index in [9.17, 15) is 4.79 Å². The molecule has 0 aliphatic rings. The molecule has 1 unspecified atom stereocenters. The molecule has 0 bridgehead atoms. The second kappa shape index (κ2) is 5.51. The van der Waals surface area contributed by atoms with Gasteiger partial charge in [-0.2, -0.15) is 0 Å². The summed E-state index contributed by atoms with van der Waals surface area (Å²) < 4.78 is 4.56. The smallest absolute Gasteiger partial charge is 0.322 e. The van der Waals surface area contributed by atoms with Gasteiger partial charge in [-0.3, -0.25) is 4.79 Å². The average molecular weight is 207 g/mol. The number of esters is 1. The van der Waals surface area contributed by atoms with Crippen LogP contribution in [-0.4, -0.2) is 19.1 Å². The van der Waals surface area contributed by atoms with E-state index in [1.54, 1.807) is 0 Å². The molecule has 2 N–H and O–H groups in total. The molecule has 0 aliphatic heterocycles. The van der Waals surface area contributed by atoms with E-state index in [1.807, 2.05) is 25.1 Å². The minimum atomic E-state index is -0.518. The second-order valence-electron chi connectivity index (χ2n) is 3.66. The zero-order valence-electron chi connectivity index (χ0n) is 9.19. The van der Waals surface area contributed by atoms with Gasteiger partial charge in [0, 0.05) is 0 Å². The molecule has 0 heterocycles. The molecule has 0 saturated heterocycles. The lowest BCUT2D eigenvalue weighted by atomic mass is 10.0. The van der Waals surface area contributed by atoms with Gasteiger partial charge in [0.05, 0.1) is 7.11 Å². The molecule has 82 valence electrons. The van der Waals surface area contributed by atoms with Crippen LogP contribution in [0.4, 0.5) is 0 Å². The summed E-state index contributed by atoms with van der Waals surface area (Å²) in [5.74, 6) is -0.345. The second-order valence-corrected chi connectivity index (χ2v) is 3.66. The molecule has 3 nitrogen and oxygen atoms in total. The first-order valence-corrected chi connectivity index (χ1v) is 5.02. The van der Waals surface area contributed by atoms with Crippen LogP contribution in [0.3, 0.4) is 0 Å². The summed E-state index contributed by atoms with van der Waals surface area (Å²) in [4.78, 5) is 11.1. The molecule has 1 atom stereocenters. The number of hydrogen-bond donors (Lipinski definition) is 1. The van der Waals surface area contributed by atoms with Gasteiger partial charge in [-0.05, 0) is 25.3 Å². The number of carbonyl (C=O) groups excluding carboxylic acids is 1. The SMILES string of the molecule is COC(=O)C(N)CCc1cccc(C)c1. The normalized spacial score (nSPS) is 12.2. The monoisotopic (exact) mass is 207 g/mol. The fourth-order valence-corrected chi connectivity index (χ4v) is 1.46. The Hall–Kier alpha value is -1.35. The van der Waals surface area contributed by atoms with Gasteiger partial charge in [-0.25, -0.2) is 0 Å². The van der Waals surface area contributed by atoms with Crippen molar-refractivity contribution in [2.75, 3.05) is 7.11 Å². The molecule has 0 spiro atoms. The summed E-state index contributed by atoms with van der Waals surface area (Å²) in [5, 5.41) is 0. The lowest BCUT2D eigenvalue weighted by Gasteiger charge is -2.09. The van der Waals surface area contributed by atoms with E-state index < -0.39 is 6.04 Å². The maximum absolute atomic E-state index is 11.1. The largest absolute Gasteiger partial charge is 0.468 e. The molecule has 0 amide bonds. The third kappa shape index (κ3) is 3.72. The van der Waals surface area contributed by atoms with E-state index in [1.165, 1.54) is 18.2 Å². The maximum Gasteiger partial charge on any atom is 0.322 e. The van der Waals surface area contributed by atoms with Gasteiger partial charge in [-0.1, -0.05) is 29.8 Å². The number of nitrogens with two attached hydrogens (primary N) is 1. The lowest BCUT2D eigenvalue weighted by Crippen LogP contribution is -2.31. The maximum atomic E-state index is 11.1. The zero-order chi connectivity index (χ0) is 11.3. The summed E-state index contributed by atoms with van der Waals surface area (Å²) in [6, 6.07) is 7.68. The standard InChI is InChI=1S/C12H17NO2/c1-9-4-3-5-10(8-9)6-7-11(13)12(14)15-2/h3-5,8,11H,6-7,13H2,1-2H3. The molecule has 0 fully saturated rings. The van der Waals surface area contributed by atoms with Crippen LogP contribution in [0.15, 0.2) is 24.3 Å². The average Bonchev–Trinajstić information content (AvgIpc) is 2.25. The number of carbonyl (C=O) groups is 1. The Morgan fingerprint density at radius 1 is 1.53 bits per heavy atom. The predicted octanol–water partition coefficient (Wildman–Crippen LogP) is 1.43. The minimum Gasteiger partial charge on any atom is -0.468 e. The molecule has 1 aromatic rings. The first kappa shape index (κ1) is 11.7. The molecule has 15 heavy (non-hydrogen) atoms. The highest BCUT2D eigenvalue weighted by molar-refractivity contribution is 5.75. The van der Waals surface area contributed by atoms with Gasteiger partial charge in [-0.15, -0.1) is 0 Å². The van der Waals surface area contributed by atoms with Crippen LogP contribution >= 0.6 is 0 Å². The summed E-state index contributed by atoms with van der Waals surface area (Å²) in [5.41, 5.74) is 8.06. The zero-order valence-corrected chi connectivity index (χ0v) is 9.19. The van der Waals surface area contributed by atoms with Crippen molar-refractivity contribution in [1.29, 1.82) is 0 Å². The van der Waals surface area contributed by atoms with Gasteiger partial charge >= 0.3 is 5.97 Å². The summed E-state index contributed by atoms with van der Waals surface area (Å²) in [6.45, 7) is 2.05. The molecular formula is C12H17NO2. The Kier molecular flexibility index (Phi) is 4.31. The Labute approximate surface area is 90.2 Å². The highest BCUT2D eigenvalue weighted by atomic mass is 16.5. The van der Waals surface area contributed by atoms with Crippen molar-refractivity contribution in [3.63, 3.8) is 0 Å². The van der Waals surface area contributed by atoms with E-state index >= 15 is 0 Å². The van der Waals surface area contributed by atoms with Crippen molar-refractivity contribution < 1.29 is 9.53 Å². The number of rotatable bonds is 4. The number of aryl methyl sites for hydroxylation is 2.